The van der Waals surface area contributed by atoms with Crippen molar-refractivity contribution in [3.63, 3.8) is 0 Å². The van der Waals surface area contributed by atoms with Crippen molar-refractivity contribution in [2.45, 2.75) is 19.1 Å². The average Bonchev–Trinajstić information content (AvgIpc) is 3.41. The second kappa shape index (κ2) is 7.06. The van der Waals surface area contributed by atoms with Gasteiger partial charge in [-0.25, -0.2) is 4.68 Å². The summed E-state index contributed by atoms with van der Waals surface area (Å²) in [5.41, 5.74) is 1.55. The van der Waals surface area contributed by atoms with E-state index < -0.39 is 0 Å². The molecule has 7 heteroatoms. The van der Waals surface area contributed by atoms with Gasteiger partial charge in [-0.05, 0) is 30.0 Å². The number of carbonyl (C=O) groups excluding carboxylic acids is 1. The summed E-state index contributed by atoms with van der Waals surface area (Å²) >= 11 is 1.54. The molecule has 1 aliphatic rings. The topological polar surface area (TPSA) is 60.2 Å². The summed E-state index contributed by atoms with van der Waals surface area (Å²) < 4.78 is 7.55. The van der Waals surface area contributed by atoms with Crippen molar-refractivity contribution in [2.24, 2.45) is 0 Å². The molecule has 1 aliphatic heterocycles. The number of aromatic nitrogens is 3. The Morgan fingerprint density at radius 3 is 2.96 bits per heavy atom. The minimum absolute atomic E-state index is 0.0940. The number of ether oxygens (including phenoxy) is 1. The van der Waals surface area contributed by atoms with Gasteiger partial charge < -0.3 is 9.64 Å². The number of thiophene rings is 1. The fourth-order valence-corrected chi connectivity index (χ4v) is 3.57. The van der Waals surface area contributed by atoms with Gasteiger partial charge in [0.15, 0.2) is 0 Å². The highest BCUT2D eigenvalue weighted by Gasteiger charge is 2.29. The number of rotatable bonds is 5. The number of para-hydroxylation sites is 1. The van der Waals surface area contributed by atoms with Gasteiger partial charge in [0.2, 0.25) is 0 Å². The molecule has 1 unspecified atom stereocenters. The normalized spacial score (nSPS) is 17.0. The summed E-state index contributed by atoms with van der Waals surface area (Å²) in [6.07, 6.45) is 2.80. The van der Waals surface area contributed by atoms with Crippen LogP contribution in [0, 0.1) is 0 Å². The highest BCUT2D eigenvalue weighted by molar-refractivity contribution is 7.08. The van der Waals surface area contributed by atoms with Gasteiger partial charge in [-0.2, -0.15) is 11.3 Å². The number of amides is 1. The van der Waals surface area contributed by atoms with Gasteiger partial charge >= 0.3 is 0 Å². The van der Waals surface area contributed by atoms with Crippen LogP contribution < -0.4 is 4.74 Å². The zero-order chi connectivity index (χ0) is 17.1. The molecule has 4 rings (SSSR count). The van der Waals surface area contributed by atoms with E-state index in [1.807, 2.05) is 62.9 Å². The number of carbonyl (C=O) groups is 1. The van der Waals surface area contributed by atoms with Crippen LogP contribution in [0.5, 0.6) is 5.75 Å². The molecule has 1 atom stereocenters. The van der Waals surface area contributed by atoms with Gasteiger partial charge in [-0.15, -0.1) is 5.10 Å². The Hall–Kier alpha value is -2.67. The monoisotopic (exact) mass is 354 g/mol. The van der Waals surface area contributed by atoms with Crippen LogP contribution in [0.15, 0.2) is 53.4 Å². The molecule has 2 aromatic heterocycles. The Bertz CT molecular complexity index is 832. The van der Waals surface area contributed by atoms with Crippen LogP contribution in [0.3, 0.4) is 0 Å². The standard InChI is InChI=1S/C18H18N4O2S/c23-18(14-7-9-25-13-14)21-8-6-16(11-21)22-10-15(19-20-22)12-24-17-4-2-1-3-5-17/h1-5,7,9-10,13,16H,6,8,11-12H2. The molecule has 0 saturated carbocycles. The lowest BCUT2D eigenvalue weighted by molar-refractivity contribution is 0.0787. The van der Waals surface area contributed by atoms with Gasteiger partial charge in [0.05, 0.1) is 17.8 Å². The zero-order valence-corrected chi connectivity index (χ0v) is 14.4. The zero-order valence-electron chi connectivity index (χ0n) is 13.6. The molecule has 1 saturated heterocycles. The van der Waals surface area contributed by atoms with Crippen molar-refractivity contribution in [1.29, 1.82) is 0 Å². The van der Waals surface area contributed by atoms with E-state index in [-0.39, 0.29) is 11.9 Å². The summed E-state index contributed by atoms with van der Waals surface area (Å²) in [5.74, 6) is 0.905. The van der Waals surface area contributed by atoms with Gasteiger partial charge in [0, 0.05) is 18.5 Å². The number of hydrogen-bond acceptors (Lipinski definition) is 5. The molecule has 6 nitrogen and oxygen atoms in total. The molecular weight excluding hydrogens is 336 g/mol. The molecule has 1 fully saturated rings. The fraction of sp³-hybridized carbons (Fsp3) is 0.278. The summed E-state index contributed by atoms with van der Waals surface area (Å²) in [4.78, 5) is 14.3. The first kappa shape index (κ1) is 15.8. The summed E-state index contributed by atoms with van der Waals surface area (Å²) in [7, 11) is 0. The lowest BCUT2D eigenvalue weighted by Crippen LogP contribution is -2.28. The van der Waals surface area contributed by atoms with Crippen LogP contribution in [0.1, 0.15) is 28.5 Å². The lowest BCUT2D eigenvalue weighted by atomic mass is 10.3. The van der Waals surface area contributed by atoms with Crippen molar-refractivity contribution in [3.8, 4) is 5.75 Å². The van der Waals surface area contributed by atoms with Gasteiger partial charge in [-0.1, -0.05) is 23.4 Å². The second-order valence-electron chi connectivity index (χ2n) is 6.00. The largest absolute Gasteiger partial charge is 0.487 e. The summed E-state index contributed by atoms with van der Waals surface area (Å²) in [6.45, 7) is 1.79. The molecule has 1 amide bonds. The minimum atomic E-state index is 0.0940. The number of hydrogen-bond donors (Lipinski definition) is 0. The Kier molecular flexibility index (Phi) is 4.47. The molecule has 0 spiro atoms. The van der Waals surface area contributed by atoms with Gasteiger partial charge in [0.25, 0.3) is 5.91 Å². The second-order valence-corrected chi connectivity index (χ2v) is 6.78. The SMILES string of the molecule is O=C(c1ccsc1)N1CCC(n2cc(COc3ccccc3)nn2)C1. The van der Waals surface area contributed by atoms with Crippen LogP contribution >= 0.6 is 11.3 Å². The maximum absolute atomic E-state index is 12.4. The molecule has 0 N–H and O–H groups in total. The molecule has 128 valence electrons. The van der Waals surface area contributed by atoms with Gasteiger partial charge in [0.1, 0.15) is 18.1 Å². The molecule has 1 aromatic carbocycles. The lowest BCUT2D eigenvalue weighted by Gasteiger charge is -2.15. The minimum Gasteiger partial charge on any atom is -0.487 e. The molecule has 3 aromatic rings. The Morgan fingerprint density at radius 1 is 1.28 bits per heavy atom. The van der Waals surface area contributed by atoms with Crippen LogP contribution in [0.4, 0.5) is 0 Å². The quantitative estimate of drug-likeness (QED) is 0.707. The smallest absolute Gasteiger partial charge is 0.254 e. The Morgan fingerprint density at radius 2 is 2.16 bits per heavy atom. The summed E-state index contributed by atoms with van der Waals surface area (Å²) in [5, 5.41) is 12.2. The van der Waals surface area contributed by atoms with Crippen molar-refractivity contribution >= 4 is 17.2 Å². The molecule has 25 heavy (non-hydrogen) atoms. The third kappa shape index (κ3) is 3.56. The van der Waals surface area contributed by atoms with E-state index in [1.54, 1.807) is 11.3 Å². The molecule has 3 heterocycles. The molecule has 0 bridgehead atoms. The fourth-order valence-electron chi connectivity index (χ4n) is 2.94. The highest BCUT2D eigenvalue weighted by Crippen LogP contribution is 2.23. The third-order valence-electron chi connectivity index (χ3n) is 4.28. The van der Waals surface area contributed by atoms with Crippen molar-refractivity contribution in [2.75, 3.05) is 13.1 Å². The van der Waals surface area contributed by atoms with Crippen LogP contribution in [-0.4, -0.2) is 38.9 Å². The van der Waals surface area contributed by atoms with Gasteiger partial charge in [-0.3, -0.25) is 4.79 Å². The predicted octanol–water partition coefficient (Wildman–Crippen LogP) is 3.01. The predicted molar refractivity (Wildman–Crippen MR) is 94.7 cm³/mol. The highest BCUT2D eigenvalue weighted by atomic mass is 32.1. The molecular formula is C18H18N4O2S. The van der Waals surface area contributed by atoms with E-state index in [0.717, 1.165) is 30.0 Å². The first-order valence-electron chi connectivity index (χ1n) is 8.19. The van der Waals surface area contributed by atoms with Crippen molar-refractivity contribution < 1.29 is 9.53 Å². The Balaban J connectivity index is 1.35. The van der Waals surface area contributed by atoms with E-state index >= 15 is 0 Å². The number of likely N-dealkylation sites (tertiary alicyclic amines) is 1. The van der Waals surface area contributed by atoms with E-state index in [1.165, 1.54) is 0 Å². The van der Waals surface area contributed by atoms with Crippen molar-refractivity contribution in [1.82, 2.24) is 19.9 Å². The third-order valence-corrected chi connectivity index (χ3v) is 4.96. The number of benzene rings is 1. The van der Waals surface area contributed by atoms with E-state index in [4.69, 9.17) is 4.74 Å². The maximum atomic E-state index is 12.4. The molecule has 0 radical (unpaired) electrons. The van der Waals surface area contributed by atoms with Crippen molar-refractivity contribution in [3.05, 3.63) is 64.6 Å². The van der Waals surface area contributed by atoms with Crippen LogP contribution in [0.2, 0.25) is 0 Å². The average molecular weight is 354 g/mol. The van der Waals surface area contributed by atoms with E-state index in [0.29, 0.717) is 13.2 Å². The van der Waals surface area contributed by atoms with Crippen LogP contribution in [0.25, 0.3) is 0 Å². The number of nitrogens with zero attached hydrogens (tertiary/aromatic N) is 4. The Labute approximate surface area is 149 Å². The summed E-state index contributed by atoms with van der Waals surface area (Å²) in [6, 6.07) is 11.7. The first-order chi connectivity index (χ1) is 12.3. The van der Waals surface area contributed by atoms with Crippen LogP contribution in [-0.2, 0) is 6.61 Å². The maximum Gasteiger partial charge on any atom is 0.254 e. The van der Waals surface area contributed by atoms with E-state index in [2.05, 4.69) is 10.3 Å². The van der Waals surface area contributed by atoms with E-state index in [9.17, 15) is 4.79 Å². The molecule has 0 aliphatic carbocycles. The first-order valence-corrected chi connectivity index (χ1v) is 9.14.